The van der Waals surface area contributed by atoms with Crippen molar-refractivity contribution in [3.05, 3.63) is 95.3 Å². The van der Waals surface area contributed by atoms with Gasteiger partial charge in [-0.05, 0) is 29.7 Å². The van der Waals surface area contributed by atoms with Crippen LogP contribution in [0.4, 0.5) is 0 Å². The van der Waals surface area contributed by atoms with E-state index in [4.69, 9.17) is 0 Å². The van der Waals surface area contributed by atoms with Gasteiger partial charge in [0, 0.05) is 19.3 Å². The Labute approximate surface area is 141 Å². The number of rotatable bonds is 5. The molecule has 0 fully saturated rings. The normalized spacial score (nSPS) is 10.4. The Morgan fingerprint density at radius 2 is 1.42 bits per heavy atom. The van der Waals surface area contributed by atoms with Crippen molar-refractivity contribution in [2.75, 3.05) is 0 Å². The number of amides is 1. The molecule has 0 radical (unpaired) electrons. The molecule has 0 aliphatic carbocycles. The molecule has 120 valence electrons. The molecule has 0 saturated carbocycles. The number of hydrogen-bond donors (Lipinski definition) is 0. The van der Waals surface area contributed by atoms with Crippen molar-refractivity contribution < 1.29 is 4.79 Å². The fraction of sp³-hybridized carbons (Fsp3) is 0.150. The van der Waals surface area contributed by atoms with E-state index < -0.39 is 0 Å². The van der Waals surface area contributed by atoms with Crippen LogP contribution in [-0.4, -0.2) is 21.0 Å². The Morgan fingerprint density at radius 3 is 1.92 bits per heavy atom. The molecule has 0 atom stereocenters. The van der Waals surface area contributed by atoms with E-state index in [1.165, 1.54) is 0 Å². The zero-order valence-electron chi connectivity index (χ0n) is 13.6. The molecule has 0 spiro atoms. The first-order valence-electron chi connectivity index (χ1n) is 7.89. The summed E-state index contributed by atoms with van der Waals surface area (Å²) in [6, 6.07) is 21.8. The van der Waals surface area contributed by atoms with Crippen LogP contribution >= 0.6 is 0 Å². The van der Waals surface area contributed by atoms with Crippen molar-refractivity contribution in [2.45, 2.75) is 20.0 Å². The van der Waals surface area contributed by atoms with E-state index >= 15 is 0 Å². The average molecular weight is 317 g/mol. The lowest BCUT2D eigenvalue weighted by Gasteiger charge is -2.23. The highest BCUT2D eigenvalue weighted by Gasteiger charge is 2.20. The molecule has 0 unspecified atom stereocenters. The van der Waals surface area contributed by atoms with Crippen molar-refractivity contribution in [2.24, 2.45) is 0 Å². The van der Waals surface area contributed by atoms with Gasteiger partial charge < -0.3 is 4.90 Å². The Kier molecular flexibility index (Phi) is 4.96. The molecule has 1 amide bonds. The molecule has 0 aliphatic rings. The zero-order chi connectivity index (χ0) is 16.8. The number of benzene rings is 2. The standard InChI is InChI=1S/C20H19N3O/c1-16-12-13-21-22-19(16)20(24)23(14-17-8-4-2-5-9-17)15-18-10-6-3-7-11-18/h2-13H,14-15H2,1H3. The largest absolute Gasteiger partial charge is 0.329 e. The van der Waals surface area contributed by atoms with Gasteiger partial charge in [0.2, 0.25) is 0 Å². The van der Waals surface area contributed by atoms with Gasteiger partial charge in [0.05, 0.1) is 0 Å². The van der Waals surface area contributed by atoms with Gasteiger partial charge in [0.15, 0.2) is 5.69 Å². The Morgan fingerprint density at radius 1 is 0.875 bits per heavy atom. The number of aromatic nitrogens is 2. The minimum Gasteiger partial charge on any atom is -0.329 e. The molecule has 4 nitrogen and oxygen atoms in total. The van der Waals surface area contributed by atoms with Gasteiger partial charge >= 0.3 is 0 Å². The van der Waals surface area contributed by atoms with Gasteiger partial charge in [-0.3, -0.25) is 4.79 Å². The molecular weight excluding hydrogens is 298 g/mol. The van der Waals surface area contributed by atoms with Crippen molar-refractivity contribution in [1.82, 2.24) is 15.1 Å². The Hall–Kier alpha value is -3.01. The van der Waals surface area contributed by atoms with E-state index in [1.54, 1.807) is 6.20 Å². The smallest absolute Gasteiger partial charge is 0.275 e. The van der Waals surface area contributed by atoms with Crippen LogP contribution in [0, 0.1) is 6.92 Å². The Bertz CT molecular complexity index is 762. The average Bonchev–Trinajstić information content (AvgIpc) is 2.63. The topological polar surface area (TPSA) is 46.1 Å². The number of carbonyl (C=O) groups is 1. The number of carbonyl (C=O) groups excluding carboxylic acids is 1. The van der Waals surface area contributed by atoms with Gasteiger partial charge in [-0.1, -0.05) is 60.7 Å². The number of hydrogen-bond acceptors (Lipinski definition) is 3. The maximum Gasteiger partial charge on any atom is 0.275 e. The first kappa shape index (κ1) is 15.9. The second-order valence-corrected chi connectivity index (χ2v) is 5.70. The predicted molar refractivity (Wildman–Crippen MR) is 93.2 cm³/mol. The van der Waals surface area contributed by atoms with Crippen LogP contribution in [0.5, 0.6) is 0 Å². The van der Waals surface area contributed by atoms with E-state index in [0.29, 0.717) is 18.8 Å². The summed E-state index contributed by atoms with van der Waals surface area (Å²) in [7, 11) is 0. The van der Waals surface area contributed by atoms with E-state index in [0.717, 1.165) is 16.7 Å². The van der Waals surface area contributed by atoms with Crippen LogP contribution < -0.4 is 0 Å². The second kappa shape index (κ2) is 7.51. The van der Waals surface area contributed by atoms with Crippen LogP contribution in [0.15, 0.2) is 72.9 Å². The highest BCUT2D eigenvalue weighted by Crippen LogP contribution is 2.14. The summed E-state index contributed by atoms with van der Waals surface area (Å²) < 4.78 is 0. The third-order valence-electron chi connectivity index (χ3n) is 3.84. The molecule has 0 aliphatic heterocycles. The summed E-state index contributed by atoms with van der Waals surface area (Å²) in [5.74, 6) is -0.103. The van der Waals surface area contributed by atoms with Gasteiger partial charge in [-0.25, -0.2) is 0 Å². The first-order chi connectivity index (χ1) is 11.7. The maximum absolute atomic E-state index is 13.0. The molecule has 24 heavy (non-hydrogen) atoms. The minimum atomic E-state index is -0.103. The molecule has 4 heteroatoms. The molecule has 0 saturated heterocycles. The molecule has 1 aromatic heterocycles. The summed E-state index contributed by atoms with van der Waals surface area (Å²) >= 11 is 0. The first-order valence-corrected chi connectivity index (χ1v) is 7.89. The highest BCUT2D eigenvalue weighted by molar-refractivity contribution is 5.93. The SMILES string of the molecule is Cc1ccnnc1C(=O)N(Cc1ccccc1)Cc1ccccc1. The van der Waals surface area contributed by atoms with Crippen molar-refractivity contribution in [3.63, 3.8) is 0 Å². The summed E-state index contributed by atoms with van der Waals surface area (Å²) in [6.07, 6.45) is 1.60. The lowest BCUT2D eigenvalue weighted by molar-refractivity contribution is 0.0722. The summed E-state index contributed by atoms with van der Waals surface area (Å²) in [5, 5.41) is 7.91. The fourth-order valence-electron chi connectivity index (χ4n) is 2.56. The van der Waals surface area contributed by atoms with Crippen LogP contribution in [0.3, 0.4) is 0 Å². The molecule has 2 aromatic carbocycles. The lowest BCUT2D eigenvalue weighted by Crippen LogP contribution is -2.31. The van der Waals surface area contributed by atoms with E-state index in [9.17, 15) is 4.79 Å². The van der Waals surface area contributed by atoms with Crippen molar-refractivity contribution in [3.8, 4) is 0 Å². The van der Waals surface area contributed by atoms with E-state index in [-0.39, 0.29) is 5.91 Å². The number of nitrogens with zero attached hydrogens (tertiary/aromatic N) is 3. The maximum atomic E-state index is 13.0. The van der Waals surface area contributed by atoms with Crippen LogP contribution in [0.2, 0.25) is 0 Å². The lowest BCUT2D eigenvalue weighted by atomic mass is 10.1. The monoisotopic (exact) mass is 317 g/mol. The van der Waals surface area contributed by atoms with Crippen LogP contribution in [-0.2, 0) is 13.1 Å². The summed E-state index contributed by atoms with van der Waals surface area (Å²) in [5.41, 5.74) is 3.41. The van der Waals surface area contributed by atoms with Crippen LogP contribution in [0.1, 0.15) is 27.2 Å². The number of aryl methyl sites for hydroxylation is 1. The second-order valence-electron chi connectivity index (χ2n) is 5.70. The van der Waals surface area contributed by atoms with Crippen molar-refractivity contribution >= 4 is 5.91 Å². The molecule has 3 aromatic rings. The molecule has 0 N–H and O–H groups in total. The van der Waals surface area contributed by atoms with Gasteiger partial charge in [0.1, 0.15) is 0 Å². The molecule has 0 bridgehead atoms. The minimum absolute atomic E-state index is 0.103. The fourth-order valence-corrected chi connectivity index (χ4v) is 2.56. The third-order valence-corrected chi connectivity index (χ3v) is 3.84. The summed E-state index contributed by atoms with van der Waals surface area (Å²) in [6.45, 7) is 2.94. The quantitative estimate of drug-likeness (QED) is 0.722. The van der Waals surface area contributed by atoms with Crippen molar-refractivity contribution in [1.29, 1.82) is 0 Å². The van der Waals surface area contributed by atoms with Gasteiger partial charge in [0.25, 0.3) is 5.91 Å². The van der Waals surface area contributed by atoms with E-state index in [1.807, 2.05) is 78.6 Å². The summed E-state index contributed by atoms with van der Waals surface area (Å²) in [4.78, 5) is 14.8. The van der Waals surface area contributed by atoms with Crippen LogP contribution in [0.25, 0.3) is 0 Å². The van der Waals surface area contributed by atoms with E-state index in [2.05, 4.69) is 10.2 Å². The van der Waals surface area contributed by atoms with Gasteiger partial charge in [-0.2, -0.15) is 5.10 Å². The third kappa shape index (κ3) is 3.84. The predicted octanol–water partition coefficient (Wildman–Crippen LogP) is 3.63. The molecule has 3 rings (SSSR count). The Balaban J connectivity index is 1.89. The molecule has 1 heterocycles. The zero-order valence-corrected chi connectivity index (χ0v) is 13.6. The molecular formula is C20H19N3O. The highest BCUT2D eigenvalue weighted by atomic mass is 16.2. The van der Waals surface area contributed by atoms with Gasteiger partial charge in [-0.15, -0.1) is 5.10 Å².